The second-order valence-corrected chi connectivity index (χ2v) is 6.95. The Bertz CT molecular complexity index is 43.8. The van der Waals surface area contributed by atoms with Gasteiger partial charge in [-0.1, -0.05) is 0 Å². The van der Waals surface area contributed by atoms with Crippen LogP contribution in [0.15, 0.2) is 0 Å². The summed E-state index contributed by atoms with van der Waals surface area (Å²) < 4.78 is 5.08. The van der Waals surface area contributed by atoms with Crippen molar-refractivity contribution in [2.24, 2.45) is 5.40 Å². The Labute approximate surface area is 56.0 Å². The van der Waals surface area contributed by atoms with Crippen molar-refractivity contribution in [2.45, 2.75) is 19.6 Å². The molecule has 0 radical (unpaired) electrons. The molecule has 8 heavy (non-hydrogen) atoms. The van der Waals surface area contributed by atoms with Crippen LogP contribution in [0.4, 0.5) is 0 Å². The van der Waals surface area contributed by atoms with E-state index < -0.39 is 8.32 Å². The molecule has 0 atom stereocenters. The Morgan fingerprint density at radius 2 is 1.38 bits per heavy atom. The van der Waals surface area contributed by atoms with E-state index >= 15 is 0 Å². The van der Waals surface area contributed by atoms with E-state index in [9.17, 15) is 0 Å². The predicted molar refractivity (Wildman–Crippen MR) is 44.5 cm³/mol. The quantitative estimate of drug-likeness (QED) is 0.522. The van der Waals surface area contributed by atoms with Gasteiger partial charge in [-0.2, -0.15) is 0 Å². The minimum Gasteiger partial charge on any atom is -0.421 e. The van der Waals surface area contributed by atoms with E-state index in [-0.39, 0.29) is 0 Å². The van der Waals surface area contributed by atoms with Crippen LogP contribution >= 0.6 is 0 Å². The van der Waals surface area contributed by atoms with E-state index in [1.54, 1.807) is 7.11 Å². The Hall–Kier alpha value is 0.354. The van der Waals surface area contributed by atoms with Gasteiger partial charge in [0, 0.05) is 7.11 Å². The van der Waals surface area contributed by atoms with Crippen LogP contribution in [0.25, 0.3) is 0 Å². The molecule has 0 saturated heterocycles. The molecule has 0 saturated carbocycles. The van der Waals surface area contributed by atoms with E-state index in [0.717, 1.165) is 10.4 Å². The first kappa shape index (κ1) is 11.2. The van der Waals surface area contributed by atoms with Crippen LogP contribution in [0.2, 0.25) is 19.6 Å². The highest BCUT2D eigenvalue weighted by atomic mass is 28.4. The fourth-order valence-electron chi connectivity index (χ4n) is 0. The normalized spacial score (nSPS) is 10.1. The molecule has 0 bridgehead atoms. The van der Waals surface area contributed by atoms with Crippen molar-refractivity contribution in [3.8, 4) is 0 Å². The van der Waals surface area contributed by atoms with Gasteiger partial charge in [-0.3, -0.25) is 0 Å². The van der Waals surface area contributed by atoms with Crippen molar-refractivity contribution in [3.63, 3.8) is 0 Å². The molecule has 4 heteroatoms. The van der Waals surface area contributed by atoms with Crippen molar-refractivity contribution >= 4 is 18.7 Å². The molecule has 0 unspecified atom stereocenters. The zero-order chi connectivity index (χ0) is 7.21. The molecule has 0 amide bonds. The molecule has 0 aromatic carbocycles. The lowest BCUT2D eigenvalue weighted by molar-refractivity contribution is 0.411. The topological polar surface area (TPSA) is 35.2 Å². The average molecular weight is 151 g/mol. The maximum Gasteiger partial charge on any atom is 0.183 e. The van der Waals surface area contributed by atoms with Crippen molar-refractivity contribution in [3.05, 3.63) is 0 Å². The summed E-state index contributed by atoms with van der Waals surface area (Å²) in [5, 5.41) is 4.64. The third-order valence-electron chi connectivity index (χ3n) is 0.612. The Kier molecular flexibility index (Phi) is 7.68. The third-order valence-corrected chi connectivity index (χ3v) is 1.84. The summed E-state index contributed by atoms with van der Waals surface area (Å²) in [6.07, 6.45) is 0. The molecule has 0 fully saturated rings. The summed E-state index contributed by atoms with van der Waals surface area (Å²) in [5.41, 5.74) is 0. The Morgan fingerprint density at radius 1 is 1.25 bits per heavy atom. The van der Waals surface area contributed by atoms with Crippen LogP contribution in [0.3, 0.4) is 0 Å². The van der Waals surface area contributed by atoms with Crippen LogP contribution in [-0.2, 0) is 4.43 Å². The van der Waals surface area contributed by atoms with Crippen molar-refractivity contribution in [1.29, 1.82) is 0 Å². The van der Waals surface area contributed by atoms with E-state index in [4.69, 9.17) is 4.43 Å². The Balaban J connectivity index is 0. The maximum atomic E-state index is 5.08. The second kappa shape index (κ2) is 5.49. The molecular formula is C4H17NOSi2. The van der Waals surface area contributed by atoms with E-state index in [2.05, 4.69) is 25.0 Å². The zero-order valence-electron chi connectivity index (χ0n) is 6.49. The van der Waals surface area contributed by atoms with Crippen molar-refractivity contribution in [1.82, 2.24) is 0 Å². The first-order chi connectivity index (χ1) is 3.56. The number of nitrogens with two attached hydrogens (primary N) is 1. The van der Waals surface area contributed by atoms with Gasteiger partial charge in [0.05, 0.1) is 10.4 Å². The van der Waals surface area contributed by atoms with Crippen LogP contribution in [0, 0.1) is 0 Å². The molecule has 2 nitrogen and oxygen atoms in total. The summed E-state index contributed by atoms with van der Waals surface area (Å²) in [6, 6.07) is 0. The molecule has 0 heterocycles. The van der Waals surface area contributed by atoms with Gasteiger partial charge in [-0.05, 0) is 19.6 Å². The van der Waals surface area contributed by atoms with Crippen LogP contribution < -0.4 is 5.40 Å². The molecule has 0 aliphatic heterocycles. The number of rotatable bonds is 1. The lowest BCUT2D eigenvalue weighted by Crippen LogP contribution is -2.22. The largest absolute Gasteiger partial charge is 0.421 e. The molecule has 0 aliphatic rings. The third kappa shape index (κ3) is 16.2. The van der Waals surface area contributed by atoms with Crippen molar-refractivity contribution in [2.75, 3.05) is 7.11 Å². The van der Waals surface area contributed by atoms with Gasteiger partial charge in [0.15, 0.2) is 8.32 Å². The molecule has 0 aromatic rings. The summed E-state index contributed by atoms with van der Waals surface area (Å²) in [5.74, 6) is 0. The summed E-state index contributed by atoms with van der Waals surface area (Å²) in [4.78, 5) is 0. The smallest absolute Gasteiger partial charge is 0.183 e. The maximum absolute atomic E-state index is 5.08. The fourth-order valence-corrected chi connectivity index (χ4v) is 0. The molecule has 0 spiro atoms. The second-order valence-electron chi connectivity index (χ2n) is 2.32. The first-order valence-electron chi connectivity index (χ1n) is 2.69. The van der Waals surface area contributed by atoms with Gasteiger partial charge in [0.2, 0.25) is 0 Å². The summed E-state index contributed by atoms with van der Waals surface area (Å²) in [6.45, 7) is 6.48. The highest BCUT2D eigenvalue weighted by Crippen LogP contribution is 1.97. The molecule has 0 aromatic heterocycles. The van der Waals surface area contributed by atoms with E-state index in [0.29, 0.717) is 0 Å². The molecule has 2 N–H and O–H groups in total. The minimum absolute atomic E-state index is 0.806. The monoisotopic (exact) mass is 151 g/mol. The highest BCUT2D eigenvalue weighted by Gasteiger charge is 2.09. The van der Waals surface area contributed by atoms with E-state index in [1.165, 1.54) is 0 Å². The Morgan fingerprint density at radius 3 is 1.38 bits per heavy atom. The molecule has 52 valence electrons. The molecule has 0 rings (SSSR count). The lowest BCUT2D eigenvalue weighted by atomic mass is 11.8. The van der Waals surface area contributed by atoms with Gasteiger partial charge in [0.25, 0.3) is 0 Å². The first-order valence-corrected chi connectivity index (χ1v) is 7.25. The van der Waals surface area contributed by atoms with Gasteiger partial charge < -0.3 is 9.83 Å². The predicted octanol–water partition coefficient (Wildman–Crippen LogP) is -0.307. The highest BCUT2D eigenvalue weighted by molar-refractivity contribution is 6.69. The summed E-state index contributed by atoms with van der Waals surface area (Å²) >= 11 is 0. The zero-order valence-corrected chi connectivity index (χ0v) is 9.49. The van der Waals surface area contributed by atoms with Crippen LogP contribution in [-0.4, -0.2) is 25.8 Å². The van der Waals surface area contributed by atoms with Crippen LogP contribution in [0.5, 0.6) is 0 Å². The minimum atomic E-state index is -1.13. The lowest BCUT2D eigenvalue weighted by Gasteiger charge is -2.10. The van der Waals surface area contributed by atoms with Crippen LogP contribution in [0.1, 0.15) is 0 Å². The molecule has 0 aliphatic carbocycles. The summed E-state index contributed by atoms with van der Waals surface area (Å²) in [7, 11) is 1.44. The molecular weight excluding hydrogens is 134 g/mol. The van der Waals surface area contributed by atoms with Crippen molar-refractivity contribution < 1.29 is 4.43 Å². The standard InChI is InChI=1S/C4H12OSi.H5NSi/c1-5-6(2,3)4;1-2/h1-4H3;1H2,2H3. The van der Waals surface area contributed by atoms with Gasteiger partial charge in [-0.15, -0.1) is 0 Å². The van der Waals surface area contributed by atoms with Gasteiger partial charge in [0.1, 0.15) is 0 Å². The fraction of sp³-hybridized carbons (Fsp3) is 1.00. The average Bonchev–Trinajstić information content (AvgIpc) is 1.71. The van der Waals surface area contributed by atoms with Gasteiger partial charge in [-0.25, -0.2) is 0 Å². The number of hydrogen-bond acceptors (Lipinski definition) is 2. The SMILES string of the molecule is CO[Si](C)(C)C.N[SiH3]. The number of hydrogen-bond donors (Lipinski definition) is 1. The van der Waals surface area contributed by atoms with Gasteiger partial charge >= 0.3 is 0 Å². The van der Waals surface area contributed by atoms with E-state index in [1.807, 2.05) is 0 Å².